The Labute approximate surface area is 89.1 Å². The minimum atomic E-state index is -0.155. The maximum Gasteiger partial charge on any atom is 0.286 e. The lowest BCUT2D eigenvalue weighted by atomic mass is 10.0. The largest absolute Gasteiger partial charge is 0.419 e. The Balaban J connectivity index is 2.99. The van der Waals surface area contributed by atoms with Crippen molar-refractivity contribution in [3.05, 3.63) is 34.3 Å². The van der Waals surface area contributed by atoms with E-state index in [0.717, 1.165) is 17.5 Å². The van der Waals surface area contributed by atoms with Gasteiger partial charge in [0.2, 0.25) is 0 Å². The van der Waals surface area contributed by atoms with Gasteiger partial charge in [0.1, 0.15) is 6.10 Å². The molecule has 0 amide bonds. The molecule has 0 N–H and O–H groups in total. The van der Waals surface area contributed by atoms with Gasteiger partial charge < -0.3 is 4.74 Å². The molecule has 3 heteroatoms. The topological polar surface area (TPSA) is 33.0 Å². The monoisotopic (exact) mass is 209 g/mol. The molecule has 2 nitrogen and oxygen atoms in total. The van der Waals surface area contributed by atoms with E-state index < -0.39 is 0 Å². The lowest BCUT2D eigenvalue weighted by Crippen LogP contribution is -2.01. The molecule has 0 heterocycles. The van der Waals surface area contributed by atoms with Crippen molar-refractivity contribution in [3.63, 3.8) is 0 Å². The first-order chi connectivity index (χ1) is 6.69. The van der Waals surface area contributed by atoms with Crippen LogP contribution in [-0.2, 0) is 4.74 Å². The Hall–Kier alpha value is -1.20. The van der Waals surface area contributed by atoms with Gasteiger partial charge in [0.15, 0.2) is 0 Å². The zero-order valence-corrected chi connectivity index (χ0v) is 9.01. The maximum atomic E-state index is 8.48. The Morgan fingerprint density at radius 3 is 2.79 bits per heavy atom. The second-order valence-corrected chi connectivity index (χ2v) is 3.54. The predicted molar refractivity (Wildman–Crippen MR) is 55.9 cm³/mol. The van der Waals surface area contributed by atoms with E-state index in [1.807, 2.05) is 32.0 Å². The molecule has 0 aliphatic rings. The summed E-state index contributed by atoms with van der Waals surface area (Å²) in [5.41, 5.74) is 2.08. The number of rotatable bonds is 3. The quantitative estimate of drug-likeness (QED) is 0.713. The Bertz CT molecular complexity index is 357. The van der Waals surface area contributed by atoms with Crippen LogP contribution in [0.4, 0.5) is 0 Å². The van der Waals surface area contributed by atoms with Gasteiger partial charge in [0.25, 0.3) is 6.26 Å². The van der Waals surface area contributed by atoms with E-state index in [1.54, 1.807) is 6.26 Å². The molecule has 74 valence electrons. The number of benzene rings is 1. The van der Waals surface area contributed by atoms with Crippen LogP contribution < -0.4 is 0 Å². The number of halogens is 1. The van der Waals surface area contributed by atoms with Gasteiger partial charge in [0, 0.05) is 5.02 Å². The summed E-state index contributed by atoms with van der Waals surface area (Å²) in [6, 6.07) is 5.59. The molecule has 14 heavy (non-hydrogen) atoms. The van der Waals surface area contributed by atoms with Crippen LogP contribution in [0.15, 0.2) is 18.2 Å². The van der Waals surface area contributed by atoms with Gasteiger partial charge in [0.05, 0.1) is 0 Å². The van der Waals surface area contributed by atoms with Gasteiger partial charge in [-0.15, -0.1) is 0 Å². The molecule has 0 fully saturated rings. The summed E-state index contributed by atoms with van der Waals surface area (Å²) < 4.78 is 4.96. The molecule has 0 aromatic heterocycles. The molecule has 0 unspecified atom stereocenters. The standard InChI is InChI=1S/C11H12ClNO/c1-3-11(14-7-13)10-5-4-9(12)6-8(10)2/h4-6,11H,3H2,1-2H3/t11-/m1/s1. The zero-order valence-electron chi connectivity index (χ0n) is 8.25. The predicted octanol–water partition coefficient (Wildman–Crippen LogP) is 3.60. The lowest BCUT2D eigenvalue weighted by molar-refractivity contribution is 0.159. The van der Waals surface area contributed by atoms with Gasteiger partial charge in [-0.2, -0.15) is 5.26 Å². The van der Waals surface area contributed by atoms with Crippen molar-refractivity contribution in [1.29, 1.82) is 5.26 Å². The van der Waals surface area contributed by atoms with E-state index in [4.69, 9.17) is 21.6 Å². The summed E-state index contributed by atoms with van der Waals surface area (Å²) >= 11 is 5.84. The SMILES string of the molecule is CC[C@@H](OC#N)c1ccc(Cl)cc1C. The fourth-order valence-corrected chi connectivity index (χ4v) is 1.66. The highest BCUT2D eigenvalue weighted by Gasteiger charge is 2.12. The van der Waals surface area contributed by atoms with Crippen molar-refractivity contribution in [1.82, 2.24) is 0 Å². The summed E-state index contributed by atoms with van der Waals surface area (Å²) in [5.74, 6) is 0. The van der Waals surface area contributed by atoms with Crippen LogP contribution in [-0.4, -0.2) is 0 Å². The van der Waals surface area contributed by atoms with Crippen molar-refractivity contribution < 1.29 is 4.74 Å². The van der Waals surface area contributed by atoms with Gasteiger partial charge in [-0.1, -0.05) is 24.6 Å². The summed E-state index contributed by atoms with van der Waals surface area (Å²) in [4.78, 5) is 0. The van der Waals surface area contributed by atoms with Crippen LogP contribution >= 0.6 is 11.6 Å². The number of aryl methyl sites for hydroxylation is 1. The maximum absolute atomic E-state index is 8.48. The molecule has 0 radical (unpaired) electrons. The second kappa shape index (κ2) is 4.88. The minimum absolute atomic E-state index is 0.155. The summed E-state index contributed by atoms with van der Waals surface area (Å²) in [6.07, 6.45) is 2.34. The van der Waals surface area contributed by atoms with E-state index in [0.29, 0.717) is 5.02 Å². The first-order valence-corrected chi connectivity index (χ1v) is 4.87. The van der Waals surface area contributed by atoms with Gasteiger partial charge in [-0.05, 0) is 36.6 Å². The average Bonchev–Trinajstić information content (AvgIpc) is 2.15. The highest BCUT2D eigenvalue weighted by molar-refractivity contribution is 6.30. The third-order valence-corrected chi connectivity index (χ3v) is 2.38. The van der Waals surface area contributed by atoms with E-state index in [2.05, 4.69) is 0 Å². The van der Waals surface area contributed by atoms with Gasteiger partial charge in [-0.3, -0.25) is 0 Å². The van der Waals surface area contributed by atoms with Crippen molar-refractivity contribution in [2.45, 2.75) is 26.4 Å². The highest BCUT2D eigenvalue weighted by atomic mass is 35.5. The molecule has 0 aliphatic heterocycles. The van der Waals surface area contributed by atoms with Gasteiger partial charge >= 0.3 is 0 Å². The molecule has 1 aromatic carbocycles. The second-order valence-electron chi connectivity index (χ2n) is 3.11. The third kappa shape index (κ3) is 2.40. The molecule has 0 saturated carbocycles. The highest BCUT2D eigenvalue weighted by Crippen LogP contribution is 2.25. The molecule has 0 spiro atoms. The van der Waals surface area contributed by atoms with Gasteiger partial charge in [-0.25, -0.2) is 0 Å². The molecule has 1 atom stereocenters. The zero-order chi connectivity index (χ0) is 10.6. The van der Waals surface area contributed by atoms with Crippen LogP contribution in [0.1, 0.15) is 30.6 Å². The third-order valence-electron chi connectivity index (χ3n) is 2.14. The summed E-state index contributed by atoms with van der Waals surface area (Å²) in [5, 5.41) is 9.18. The fourth-order valence-electron chi connectivity index (χ4n) is 1.43. The average molecular weight is 210 g/mol. The Kier molecular flexibility index (Phi) is 3.79. The lowest BCUT2D eigenvalue weighted by Gasteiger charge is -2.14. The number of hydrogen-bond donors (Lipinski definition) is 0. The molecule has 1 rings (SSSR count). The number of hydrogen-bond acceptors (Lipinski definition) is 2. The first-order valence-electron chi connectivity index (χ1n) is 4.49. The molecular formula is C11H12ClNO. The molecule has 1 aromatic rings. The van der Waals surface area contributed by atoms with Crippen LogP contribution in [0.2, 0.25) is 5.02 Å². The Morgan fingerprint density at radius 2 is 2.29 bits per heavy atom. The first kappa shape index (κ1) is 10.9. The minimum Gasteiger partial charge on any atom is -0.419 e. The molecule has 0 aliphatic carbocycles. The summed E-state index contributed by atoms with van der Waals surface area (Å²) in [7, 11) is 0. The molecule has 0 saturated heterocycles. The number of ether oxygens (including phenoxy) is 1. The van der Waals surface area contributed by atoms with E-state index >= 15 is 0 Å². The molecular weight excluding hydrogens is 198 g/mol. The van der Waals surface area contributed by atoms with Crippen molar-refractivity contribution in [2.75, 3.05) is 0 Å². The normalized spacial score (nSPS) is 11.9. The fraction of sp³-hybridized carbons (Fsp3) is 0.364. The van der Waals surface area contributed by atoms with Crippen LogP contribution in [0, 0.1) is 18.4 Å². The summed E-state index contributed by atoms with van der Waals surface area (Å²) in [6.45, 7) is 3.95. The molecule has 0 bridgehead atoms. The van der Waals surface area contributed by atoms with E-state index in [-0.39, 0.29) is 6.10 Å². The van der Waals surface area contributed by atoms with Crippen LogP contribution in [0.5, 0.6) is 0 Å². The van der Waals surface area contributed by atoms with Crippen LogP contribution in [0.25, 0.3) is 0 Å². The number of nitriles is 1. The van der Waals surface area contributed by atoms with Crippen LogP contribution in [0.3, 0.4) is 0 Å². The van der Waals surface area contributed by atoms with Crippen molar-refractivity contribution in [2.24, 2.45) is 0 Å². The number of nitrogens with zero attached hydrogens (tertiary/aromatic N) is 1. The van der Waals surface area contributed by atoms with Crippen molar-refractivity contribution in [3.8, 4) is 6.26 Å². The van der Waals surface area contributed by atoms with E-state index in [1.165, 1.54) is 0 Å². The smallest absolute Gasteiger partial charge is 0.286 e. The van der Waals surface area contributed by atoms with Crippen molar-refractivity contribution >= 4 is 11.6 Å². The Morgan fingerprint density at radius 1 is 1.57 bits per heavy atom. The van der Waals surface area contributed by atoms with E-state index in [9.17, 15) is 0 Å².